The summed E-state index contributed by atoms with van der Waals surface area (Å²) in [6.45, 7) is 8.35. The van der Waals surface area contributed by atoms with Crippen LogP contribution in [0.3, 0.4) is 0 Å². The molecule has 1 unspecified atom stereocenters. The first kappa shape index (κ1) is 14.0. The summed E-state index contributed by atoms with van der Waals surface area (Å²) in [5.41, 5.74) is 0. The Hall–Kier alpha value is -0.0800. The maximum Gasteiger partial charge on any atom is 0.0671 e. The highest BCUT2D eigenvalue weighted by molar-refractivity contribution is 4.77. The SMILES string of the molecule is CCCC1CCC(NCC(C)OCC)CC1. The lowest BCUT2D eigenvalue weighted by molar-refractivity contribution is 0.0720. The molecule has 96 valence electrons. The van der Waals surface area contributed by atoms with E-state index in [1.807, 2.05) is 0 Å². The van der Waals surface area contributed by atoms with Gasteiger partial charge in [0.15, 0.2) is 0 Å². The Kier molecular flexibility index (Phi) is 7.06. The number of hydrogen-bond acceptors (Lipinski definition) is 2. The fourth-order valence-electron chi connectivity index (χ4n) is 2.74. The predicted octanol–water partition coefficient (Wildman–Crippen LogP) is 3.36. The van der Waals surface area contributed by atoms with Crippen LogP contribution in [-0.4, -0.2) is 25.3 Å². The van der Waals surface area contributed by atoms with Gasteiger partial charge in [0.05, 0.1) is 6.10 Å². The van der Waals surface area contributed by atoms with Gasteiger partial charge in [0.2, 0.25) is 0 Å². The van der Waals surface area contributed by atoms with Gasteiger partial charge >= 0.3 is 0 Å². The molecule has 1 N–H and O–H groups in total. The normalized spacial score (nSPS) is 27.9. The number of ether oxygens (including phenoxy) is 1. The van der Waals surface area contributed by atoms with Gasteiger partial charge in [0.1, 0.15) is 0 Å². The molecule has 0 aromatic carbocycles. The van der Waals surface area contributed by atoms with Crippen LogP contribution in [-0.2, 0) is 4.74 Å². The van der Waals surface area contributed by atoms with Crippen molar-refractivity contribution in [2.24, 2.45) is 5.92 Å². The molecular weight excluding hydrogens is 198 g/mol. The third kappa shape index (κ3) is 5.31. The molecule has 1 saturated carbocycles. The van der Waals surface area contributed by atoms with Crippen molar-refractivity contribution in [1.82, 2.24) is 5.32 Å². The first-order valence-corrected chi connectivity index (χ1v) is 7.11. The van der Waals surface area contributed by atoms with Gasteiger partial charge in [-0.05, 0) is 45.4 Å². The van der Waals surface area contributed by atoms with Crippen molar-refractivity contribution in [1.29, 1.82) is 0 Å². The van der Waals surface area contributed by atoms with Gasteiger partial charge in [0, 0.05) is 19.2 Å². The first-order valence-electron chi connectivity index (χ1n) is 7.11. The highest BCUT2D eigenvalue weighted by atomic mass is 16.5. The van der Waals surface area contributed by atoms with Crippen LogP contribution in [0.15, 0.2) is 0 Å². The number of rotatable bonds is 7. The van der Waals surface area contributed by atoms with Crippen molar-refractivity contribution in [3.63, 3.8) is 0 Å². The second-order valence-corrected chi connectivity index (χ2v) is 5.18. The minimum atomic E-state index is 0.360. The lowest BCUT2D eigenvalue weighted by Gasteiger charge is -2.29. The fourth-order valence-corrected chi connectivity index (χ4v) is 2.74. The van der Waals surface area contributed by atoms with Crippen LogP contribution in [0.5, 0.6) is 0 Å². The summed E-state index contributed by atoms with van der Waals surface area (Å²) in [6, 6.07) is 0.746. The monoisotopic (exact) mass is 227 g/mol. The fraction of sp³-hybridized carbons (Fsp3) is 1.00. The molecular formula is C14H29NO. The first-order chi connectivity index (χ1) is 7.76. The minimum absolute atomic E-state index is 0.360. The van der Waals surface area contributed by atoms with Crippen LogP contribution in [0.25, 0.3) is 0 Å². The molecule has 0 spiro atoms. The average molecular weight is 227 g/mol. The number of hydrogen-bond donors (Lipinski definition) is 1. The van der Waals surface area contributed by atoms with Crippen LogP contribution in [0.2, 0.25) is 0 Å². The Bertz CT molecular complexity index is 164. The molecule has 1 aliphatic rings. The van der Waals surface area contributed by atoms with Crippen LogP contribution < -0.4 is 5.32 Å². The Morgan fingerprint density at radius 2 is 1.88 bits per heavy atom. The highest BCUT2D eigenvalue weighted by Gasteiger charge is 2.20. The average Bonchev–Trinajstić information content (AvgIpc) is 2.29. The highest BCUT2D eigenvalue weighted by Crippen LogP contribution is 2.27. The van der Waals surface area contributed by atoms with Gasteiger partial charge in [-0.2, -0.15) is 0 Å². The summed E-state index contributed by atoms with van der Waals surface area (Å²) >= 11 is 0. The number of nitrogens with one attached hydrogen (secondary N) is 1. The van der Waals surface area contributed by atoms with Crippen LogP contribution in [0.4, 0.5) is 0 Å². The third-order valence-electron chi connectivity index (χ3n) is 3.69. The summed E-state index contributed by atoms with van der Waals surface area (Å²) in [5.74, 6) is 1.01. The van der Waals surface area contributed by atoms with E-state index in [2.05, 4.69) is 26.1 Å². The molecule has 0 aliphatic heterocycles. The zero-order chi connectivity index (χ0) is 11.8. The van der Waals surface area contributed by atoms with E-state index in [9.17, 15) is 0 Å². The van der Waals surface area contributed by atoms with E-state index in [1.165, 1.54) is 38.5 Å². The van der Waals surface area contributed by atoms with Crippen LogP contribution in [0, 0.1) is 5.92 Å². The van der Waals surface area contributed by atoms with Gasteiger partial charge in [-0.3, -0.25) is 0 Å². The second-order valence-electron chi connectivity index (χ2n) is 5.18. The Labute approximate surface area is 101 Å². The van der Waals surface area contributed by atoms with E-state index in [0.717, 1.165) is 25.1 Å². The topological polar surface area (TPSA) is 21.3 Å². The molecule has 1 aliphatic carbocycles. The zero-order valence-corrected chi connectivity index (χ0v) is 11.3. The van der Waals surface area contributed by atoms with Gasteiger partial charge in [0.25, 0.3) is 0 Å². The van der Waals surface area contributed by atoms with Crippen molar-refractivity contribution in [3.8, 4) is 0 Å². The van der Waals surface area contributed by atoms with Crippen molar-refractivity contribution < 1.29 is 4.74 Å². The predicted molar refractivity (Wildman–Crippen MR) is 69.7 cm³/mol. The van der Waals surface area contributed by atoms with E-state index < -0.39 is 0 Å². The smallest absolute Gasteiger partial charge is 0.0671 e. The lowest BCUT2D eigenvalue weighted by atomic mass is 9.83. The van der Waals surface area contributed by atoms with Gasteiger partial charge in [-0.25, -0.2) is 0 Å². The molecule has 16 heavy (non-hydrogen) atoms. The molecule has 0 radical (unpaired) electrons. The molecule has 0 saturated heterocycles. The summed E-state index contributed by atoms with van der Waals surface area (Å²) in [6.07, 6.45) is 8.72. The Balaban J connectivity index is 2.07. The zero-order valence-electron chi connectivity index (χ0n) is 11.3. The van der Waals surface area contributed by atoms with Gasteiger partial charge in [-0.1, -0.05) is 19.8 Å². The van der Waals surface area contributed by atoms with E-state index >= 15 is 0 Å². The molecule has 2 nitrogen and oxygen atoms in total. The summed E-state index contributed by atoms with van der Waals surface area (Å²) in [4.78, 5) is 0. The Morgan fingerprint density at radius 3 is 2.44 bits per heavy atom. The minimum Gasteiger partial charge on any atom is -0.377 e. The van der Waals surface area contributed by atoms with E-state index in [4.69, 9.17) is 4.74 Å². The lowest BCUT2D eigenvalue weighted by Crippen LogP contribution is -2.38. The molecule has 0 heterocycles. The molecule has 1 fully saturated rings. The van der Waals surface area contributed by atoms with Gasteiger partial charge < -0.3 is 10.1 Å². The van der Waals surface area contributed by atoms with E-state index in [1.54, 1.807) is 0 Å². The molecule has 0 bridgehead atoms. The third-order valence-corrected chi connectivity index (χ3v) is 3.69. The maximum absolute atomic E-state index is 5.53. The molecule has 1 rings (SSSR count). The molecule has 0 aromatic heterocycles. The van der Waals surface area contributed by atoms with Crippen LogP contribution >= 0.6 is 0 Å². The molecule has 2 heteroatoms. The van der Waals surface area contributed by atoms with Crippen molar-refractivity contribution >= 4 is 0 Å². The van der Waals surface area contributed by atoms with E-state index in [0.29, 0.717) is 6.10 Å². The molecule has 1 atom stereocenters. The summed E-state index contributed by atoms with van der Waals surface area (Å²) < 4.78 is 5.53. The largest absolute Gasteiger partial charge is 0.377 e. The summed E-state index contributed by atoms with van der Waals surface area (Å²) in [7, 11) is 0. The van der Waals surface area contributed by atoms with Crippen LogP contribution in [0.1, 0.15) is 59.3 Å². The molecule has 0 amide bonds. The summed E-state index contributed by atoms with van der Waals surface area (Å²) in [5, 5.41) is 3.64. The second kappa shape index (κ2) is 8.08. The Morgan fingerprint density at radius 1 is 1.19 bits per heavy atom. The maximum atomic E-state index is 5.53. The van der Waals surface area contributed by atoms with E-state index in [-0.39, 0.29) is 0 Å². The quantitative estimate of drug-likeness (QED) is 0.720. The molecule has 0 aromatic rings. The van der Waals surface area contributed by atoms with Crippen molar-refractivity contribution in [2.75, 3.05) is 13.2 Å². The standard InChI is InChI=1S/C14H29NO/c1-4-6-13-7-9-14(10-8-13)15-11-12(3)16-5-2/h12-15H,4-11H2,1-3H3. The van der Waals surface area contributed by atoms with Crippen molar-refractivity contribution in [2.45, 2.75) is 71.4 Å². The van der Waals surface area contributed by atoms with Gasteiger partial charge in [-0.15, -0.1) is 0 Å². The van der Waals surface area contributed by atoms with Crippen molar-refractivity contribution in [3.05, 3.63) is 0 Å².